The third-order valence-electron chi connectivity index (χ3n) is 6.84. The Hall–Kier alpha value is -2.08. The molecule has 6 heteroatoms. The number of carbonyl (C=O) groups is 1. The maximum Gasteiger partial charge on any atom is 0.223 e. The Morgan fingerprint density at radius 3 is 2.56 bits per heavy atom. The summed E-state index contributed by atoms with van der Waals surface area (Å²) in [6.07, 6.45) is 11.0. The van der Waals surface area contributed by atoms with Gasteiger partial charge in [-0.3, -0.25) is 4.79 Å². The van der Waals surface area contributed by atoms with Gasteiger partial charge in [-0.15, -0.1) is 0 Å². The molecule has 0 saturated heterocycles. The summed E-state index contributed by atoms with van der Waals surface area (Å²) in [5.74, 6) is 0.898. The zero-order chi connectivity index (χ0) is 22.8. The van der Waals surface area contributed by atoms with E-state index < -0.39 is 5.72 Å². The van der Waals surface area contributed by atoms with Gasteiger partial charge in [0.25, 0.3) is 0 Å². The van der Waals surface area contributed by atoms with E-state index in [0.717, 1.165) is 77.2 Å². The number of aryl methyl sites for hydroxylation is 1. The van der Waals surface area contributed by atoms with Crippen molar-refractivity contribution in [3.05, 3.63) is 35.4 Å². The van der Waals surface area contributed by atoms with Crippen molar-refractivity contribution in [3.63, 3.8) is 0 Å². The summed E-state index contributed by atoms with van der Waals surface area (Å²) in [4.78, 5) is 19.4. The van der Waals surface area contributed by atoms with E-state index in [0.29, 0.717) is 19.2 Å². The average Bonchev–Trinajstić information content (AvgIpc) is 2.82. The zero-order valence-corrected chi connectivity index (χ0v) is 20.1. The molecule has 3 rings (SSSR count). The second-order valence-corrected chi connectivity index (χ2v) is 9.37. The van der Waals surface area contributed by atoms with E-state index in [1.807, 2.05) is 4.90 Å². The van der Waals surface area contributed by atoms with Crippen LogP contribution in [-0.4, -0.2) is 42.3 Å². The Morgan fingerprint density at radius 2 is 1.88 bits per heavy atom. The van der Waals surface area contributed by atoms with Gasteiger partial charge in [-0.05, 0) is 68.9 Å². The summed E-state index contributed by atoms with van der Waals surface area (Å²) >= 11 is 0. The normalized spacial score (nSPS) is 19.9. The summed E-state index contributed by atoms with van der Waals surface area (Å²) in [5.41, 5.74) is 8.62. The van der Waals surface area contributed by atoms with Crippen LogP contribution in [0.15, 0.2) is 29.3 Å². The lowest BCUT2D eigenvalue weighted by atomic mass is 9.83. The molecule has 1 aliphatic carbocycles. The van der Waals surface area contributed by atoms with Crippen LogP contribution < -0.4 is 11.1 Å². The second-order valence-electron chi connectivity index (χ2n) is 9.37. The minimum absolute atomic E-state index is 0.0996. The van der Waals surface area contributed by atoms with E-state index in [9.17, 15) is 4.79 Å². The molecule has 1 amide bonds. The van der Waals surface area contributed by atoms with Crippen LogP contribution in [0.5, 0.6) is 0 Å². The van der Waals surface area contributed by atoms with Gasteiger partial charge in [-0.1, -0.05) is 51.0 Å². The number of carbonyl (C=O) groups excluding carboxylic acids is 1. The number of amides is 1. The molecule has 0 saturated carbocycles. The highest BCUT2D eigenvalue weighted by atomic mass is 16.5. The van der Waals surface area contributed by atoms with Gasteiger partial charge in [0.05, 0.1) is 0 Å². The van der Waals surface area contributed by atoms with Gasteiger partial charge >= 0.3 is 0 Å². The monoisotopic (exact) mass is 442 g/mol. The fourth-order valence-electron chi connectivity index (χ4n) is 4.75. The number of nitrogens with zero attached hydrogens (tertiary/aromatic N) is 2. The van der Waals surface area contributed by atoms with Crippen molar-refractivity contribution in [1.82, 2.24) is 10.2 Å². The van der Waals surface area contributed by atoms with Gasteiger partial charge in [-0.2, -0.15) is 0 Å². The van der Waals surface area contributed by atoms with Gasteiger partial charge in [0.1, 0.15) is 6.73 Å². The van der Waals surface area contributed by atoms with Crippen molar-refractivity contribution in [2.75, 3.05) is 19.8 Å². The van der Waals surface area contributed by atoms with Crippen LogP contribution in [0.1, 0.15) is 82.8 Å². The van der Waals surface area contributed by atoms with Gasteiger partial charge in [0.2, 0.25) is 5.91 Å². The molecule has 1 unspecified atom stereocenters. The smallest absolute Gasteiger partial charge is 0.223 e. The molecule has 3 N–H and O–H groups in total. The molecule has 2 aliphatic rings. The van der Waals surface area contributed by atoms with Crippen LogP contribution in [0.3, 0.4) is 0 Å². The highest BCUT2D eigenvalue weighted by Gasteiger charge is 2.34. The molecule has 0 bridgehead atoms. The number of ether oxygens (including phenoxy) is 1. The maximum atomic E-state index is 12.6. The number of hydrogen-bond acceptors (Lipinski definition) is 5. The van der Waals surface area contributed by atoms with E-state index >= 15 is 0 Å². The van der Waals surface area contributed by atoms with Gasteiger partial charge in [0.15, 0.2) is 11.7 Å². The number of benzene rings is 1. The number of guanidine groups is 1. The van der Waals surface area contributed by atoms with Crippen LogP contribution in [0.2, 0.25) is 0 Å². The molecule has 1 aromatic carbocycles. The Balaban J connectivity index is 1.38. The minimum atomic E-state index is -0.431. The van der Waals surface area contributed by atoms with Gasteiger partial charge in [-0.25, -0.2) is 4.99 Å². The molecule has 1 aliphatic heterocycles. The highest BCUT2D eigenvalue weighted by Crippen LogP contribution is 2.30. The number of nitrogens with one attached hydrogen (secondary N) is 1. The summed E-state index contributed by atoms with van der Waals surface area (Å²) in [6.45, 7) is 6.42. The van der Waals surface area contributed by atoms with Gasteiger partial charge < -0.3 is 20.7 Å². The fourth-order valence-corrected chi connectivity index (χ4v) is 4.75. The standard InChI is InChI=1S/C26H42N4O2/c1-3-5-15-26(16-6-4-2)29-25(27)30(20-32-26)18-10-9-17-28-24(31)23-14-13-21-11-7-8-12-22(21)19-23/h7-8,11-12,23H,3-6,9-10,13-20H2,1-2H3,(H2,27,29)(H,28,31). The van der Waals surface area contributed by atoms with Crippen LogP contribution in [0.4, 0.5) is 0 Å². The van der Waals surface area contributed by atoms with Crippen LogP contribution >= 0.6 is 0 Å². The lowest BCUT2D eigenvalue weighted by Crippen LogP contribution is -2.50. The van der Waals surface area contributed by atoms with Crippen molar-refractivity contribution in [2.45, 2.75) is 90.2 Å². The van der Waals surface area contributed by atoms with E-state index in [-0.39, 0.29) is 11.8 Å². The van der Waals surface area contributed by atoms with Gasteiger partial charge in [0, 0.05) is 19.0 Å². The molecule has 0 aromatic heterocycles. The Morgan fingerprint density at radius 1 is 1.16 bits per heavy atom. The highest BCUT2D eigenvalue weighted by molar-refractivity contribution is 5.79. The first-order valence-corrected chi connectivity index (χ1v) is 12.7. The third kappa shape index (κ3) is 6.71. The summed E-state index contributed by atoms with van der Waals surface area (Å²) in [6, 6.07) is 8.48. The molecule has 32 heavy (non-hydrogen) atoms. The van der Waals surface area contributed by atoms with Crippen LogP contribution in [0.25, 0.3) is 0 Å². The second kappa shape index (κ2) is 12.2. The lowest BCUT2D eigenvalue weighted by molar-refractivity contribution is -0.125. The molecule has 178 valence electrons. The Kier molecular flexibility index (Phi) is 9.39. The molecule has 0 radical (unpaired) electrons. The first-order valence-electron chi connectivity index (χ1n) is 12.7. The quantitative estimate of drug-likeness (QED) is 0.471. The number of unbranched alkanes of at least 4 members (excludes halogenated alkanes) is 3. The Labute approximate surface area is 194 Å². The summed E-state index contributed by atoms with van der Waals surface area (Å²) in [7, 11) is 0. The Bertz CT molecular complexity index is 756. The number of aliphatic imine (C=N–C) groups is 1. The van der Waals surface area contributed by atoms with E-state index in [2.05, 4.69) is 43.4 Å². The zero-order valence-electron chi connectivity index (χ0n) is 20.1. The minimum Gasteiger partial charge on any atom is -0.370 e. The maximum absolute atomic E-state index is 12.6. The molecular formula is C26H42N4O2. The first-order chi connectivity index (χ1) is 15.6. The molecular weight excluding hydrogens is 400 g/mol. The van der Waals surface area contributed by atoms with Crippen LogP contribution in [-0.2, 0) is 22.4 Å². The number of nitrogens with two attached hydrogens (primary N) is 1. The third-order valence-corrected chi connectivity index (χ3v) is 6.84. The first kappa shape index (κ1) is 24.6. The van der Waals surface area contributed by atoms with Crippen molar-refractivity contribution >= 4 is 11.9 Å². The van der Waals surface area contributed by atoms with E-state index in [4.69, 9.17) is 15.5 Å². The molecule has 0 fully saturated rings. The van der Waals surface area contributed by atoms with Crippen molar-refractivity contribution in [3.8, 4) is 0 Å². The SMILES string of the molecule is CCCCC1(CCCC)N=C(N)N(CCCCNC(=O)C2CCc3ccccc3C2)CO1. The predicted octanol–water partition coefficient (Wildman–Crippen LogP) is 4.37. The molecule has 1 heterocycles. The van der Waals surface area contributed by atoms with Crippen molar-refractivity contribution in [2.24, 2.45) is 16.6 Å². The summed E-state index contributed by atoms with van der Waals surface area (Å²) in [5, 5.41) is 3.14. The summed E-state index contributed by atoms with van der Waals surface area (Å²) < 4.78 is 6.24. The fraction of sp³-hybridized carbons (Fsp3) is 0.692. The van der Waals surface area contributed by atoms with Crippen LogP contribution in [0, 0.1) is 5.92 Å². The average molecular weight is 443 g/mol. The lowest BCUT2D eigenvalue weighted by Gasteiger charge is -2.39. The predicted molar refractivity (Wildman–Crippen MR) is 130 cm³/mol. The molecule has 6 nitrogen and oxygen atoms in total. The van der Waals surface area contributed by atoms with E-state index in [1.165, 1.54) is 11.1 Å². The molecule has 1 atom stereocenters. The van der Waals surface area contributed by atoms with Crippen molar-refractivity contribution < 1.29 is 9.53 Å². The van der Waals surface area contributed by atoms with Crippen molar-refractivity contribution in [1.29, 1.82) is 0 Å². The number of hydrogen-bond donors (Lipinski definition) is 2. The molecule has 1 aromatic rings. The number of rotatable bonds is 12. The topological polar surface area (TPSA) is 80.0 Å². The number of fused-ring (bicyclic) bond motifs is 1. The van der Waals surface area contributed by atoms with E-state index in [1.54, 1.807) is 0 Å². The molecule has 0 spiro atoms. The largest absolute Gasteiger partial charge is 0.370 e.